The number of aliphatic hydroxyl groups is 5. The van der Waals surface area contributed by atoms with E-state index >= 15 is 0 Å². The van der Waals surface area contributed by atoms with Crippen molar-refractivity contribution in [3.05, 3.63) is 0 Å². The molecule has 7 nitrogen and oxygen atoms in total. The predicted molar refractivity (Wildman–Crippen MR) is 45.2 cm³/mol. The van der Waals surface area contributed by atoms with Gasteiger partial charge in [-0.05, 0) is 0 Å². The zero-order valence-electron chi connectivity index (χ0n) is 7.39. The summed E-state index contributed by atoms with van der Waals surface area (Å²) >= 11 is 0. The van der Waals surface area contributed by atoms with Gasteiger partial charge in [0, 0.05) is 6.54 Å². The number of aliphatic hydroxyl groups excluding tert-OH is 5. The number of hydrogen-bond acceptors (Lipinski definition) is 7. The van der Waals surface area contributed by atoms with Gasteiger partial charge in [0.15, 0.2) is 6.29 Å². The molecule has 0 aliphatic carbocycles. The van der Waals surface area contributed by atoms with E-state index in [1.165, 1.54) is 0 Å². The van der Waals surface area contributed by atoms with Crippen LogP contribution < -0.4 is 5.73 Å². The minimum atomic E-state index is -1.86. The van der Waals surface area contributed by atoms with Gasteiger partial charge in [0.2, 0.25) is 0 Å². The van der Waals surface area contributed by atoms with Crippen LogP contribution in [0.15, 0.2) is 0 Å². The van der Waals surface area contributed by atoms with Gasteiger partial charge in [-0.15, -0.1) is 0 Å². The van der Waals surface area contributed by atoms with Gasteiger partial charge in [-0.1, -0.05) is 0 Å². The van der Waals surface area contributed by atoms with Crippen molar-refractivity contribution >= 4 is 6.29 Å². The van der Waals surface area contributed by atoms with Crippen LogP contribution in [0.3, 0.4) is 0 Å². The average Bonchev–Trinajstić information content (AvgIpc) is 2.23. The van der Waals surface area contributed by atoms with Gasteiger partial charge in [-0.2, -0.15) is 0 Å². The van der Waals surface area contributed by atoms with Gasteiger partial charge in [-0.3, -0.25) is 0 Å². The van der Waals surface area contributed by atoms with Gasteiger partial charge in [0.05, 0.1) is 6.10 Å². The molecule has 0 bridgehead atoms. The summed E-state index contributed by atoms with van der Waals surface area (Å²) in [5, 5.41) is 45.1. The second-order valence-corrected chi connectivity index (χ2v) is 2.90. The fourth-order valence-corrected chi connectivity index (χ4v) is 0.852. The number of aldehydes is 1. The molecule has 0 amide bonds. The van der Waals surface area contributed by atoms with E-state index in [0.29, 0.717) is 0 Å². The van der Waals surface area contributed by atoms with Crippen molar-refractivity contribution in [2.75, 3.05) is 6.54 Å². The molecule has 84 valence electrons. The normalized spacial score (nSPS) is 22.1. The van der Waals surface area contributed by atoms with Crippen LogP contribution in [0.4, 0.5) is 0 Å². The molecule has 5 atom stereocenters. The molecular weight excluding hydrogens is 194 g/mol. The maximum Gasteiger partial charge on any atom is 0.151 e. The summed E-state index contributed by atoms with van der Waals surface area (Å²) in [6.45, 7) is -0.317. The van der Waals surface area contributed by atoms with E-state index in [2.05, 4.69) is 0 Å². The Hall–Kier alpha value is -0.570. The quantitative estimate of drug-likeness (QED) is 0.244. The molecule has 0 aromatic carbocycles. The highest BCUT2D eigenvalue weighted by atomic mass is 16.4. The Morgan fingerprint density at radius 2 is 1.50 bits per heavy atom. The van der Waals surface area contributed by atoms with Crippen LogP contribution in [0.5, 0.6) is 0 Å². The number of hydrogen-bond donors (Lipinski definition) is 6. The van der Waals surface area contributed by atoms with E-state index < -0.39 is 30.5 Å². The molecule has 14 heavy (non-hydrogen) atoms. The van der Waals surface area contributed by atoms with Crippen LogP contribution in [0.2, 0.25) is 0 Å². The maximum absolute atomic E-state index is 10.0. The van der Waals surface area contributed by atoms with E-state index in [1.54, 1.807) is 0 Å². The average molecular weight is 209 g/mol. The topological polar surface area (TPSA) is 144 Å². The van der Waals surface area contributed by atoms with Crippen molar-refractivity contribution in [1.29, 1.82) is 0 Å². The summed E-state index contributed by atoms with van der Waals surface area (Å²) in [5.41, 5.74) is 4.98. The lowest BCUT2D eigenvalue weighted by Crippen LogP contribution is -2.51. The lowest BCUT2D eigenvalue weighted by Gasteiger charge is -2.26. The van der Waals surface area contributed by atoms with Gasteiger partial charge in [0.1, 0.15) is 24.4 Å². The molecule has 0 saturated heterocycles. The molecular formula is C7H15NO6. The standard InChI is InChI=1S/C7H15NO6/c8-1-3(10)5(12)7(14)6(13)4(11)2-9/h2-7,10-14H,1,8H2/t3-,4+,5+,6+,7+/m0/s1. The summed E-state index contributed by atoms with van der Waals surface area (Å²) in [6.07, 6.45) is -8.65. The molecule has 0 spiro atoms. The molecule has 0 fully saturated rings. The summed E-state index contributed by atoms with van der Waals surface area (Å²) < 4.78 is 0. The first kappa shape index (κ1) is 13.4. The predicted octanol–water partition coefficient (Wildman–Crippen LogP) is -4.05. The first-order valence-electron chi connectivity index (χ1n) is 4.01. The summed E-state index contributed by atoms with van der Waals surface area (Å²) in [7, 11) is 0. The fourth-order valence-electron chi connectivity index (χ4n) is 0.852. The summed E-state index contributed by atoms with van der Waals surface area (Å²) in [5.74, 6) is 0. The first-order valence-corrected chi connectivity index (χ1v) is 4.01. The van der Waals surface area contributed by atoms with Gasteiger partial charge >= 0.3 is 0 Å². The molecule has 0 radical (unpaired) electrons. The van der Waals surface area contributed by atoms with E-state index in [1.807, 2.05) is 0 Å². The molecule has 0 rings (SSSR count). The lowest BCUT2D eigenvalue weighted by molar-refractivity contribution is -0.143. The Labute approximate surface area is 80.4 Å². The van der Waals surface area contributed by atoms with Crippen LogP contribution in [0.1, 0.15) is 0 Å². The highest BCUT2D eigenvalue weighted by Gasteiger charge is 2.33. The highest BCUT2D eigenvalue weighted by Crippen LogP contribution is 2.06. The third-order valence-corrected chi connectivity index (χ3v) is 1.82. The number of carbonyl (C=O) groups excluding carboxylic acids is 1. The monoisotopic (exact) mass is 209 g/mol. The minimum absolute atomic E-state index is 0.00936. The SMILES string of the molecule is NC[C@H](O)[C@@H](O)[C@@H](O)[C@H](O)[C@H](O)C=O. The molecule has 0 aliphatic heterocycles. The first-order chi connectivity index (χ1) is 6.45. The van der Waals surface area contributed by atoms with Crippen molar-refractivity contribution in [2.45, 2.75) is 30.5 Å². The van der Waals surface area contributed by atoms with Crippen molar-refractivity contribution in [1.82, 2.24) is 0 Å². The van der Waals surface area contributed by atoms with Crippen LogP contribution in [-0.4, -0.2) is 68.9 Å². The lowest BCUT2D eigenvalue weighted by atomic mass is 10.00. The largest absolute Gasteiger partial charge is 0.389 e. The number of nitrogens with two attached hydrogens (primary N) is 1. The van der Waals surface area contributed by atoms with Crippen LogP contribution in [-0.2, 0) is 4.79 Å². The van der Waals surface area contributed by atoms with Crippen molar-refractivity contribution in [3.63, 3.8) is 0 Å². The molecule has 0 aliphatic rings. The molecule has 0 aromatic rings. The summed E-state index contributed by atoms with van der Waals surface area (Å²) in [4.78, 5) is 10.0. The molecule has 0 unspecified atom stereocenters. The second kappa shape index (κ2) is 6.02. The van der Waals surface area contributed by atoms with E-state index in [9.17, 15) is 4.79 Å². The third kappa shape index (κ3) is 3.29. The Balaban J connectivity index is 4.29. The van der Waals surface area contributed by atoms with E-state index in [4.69, 9.17) is 31.3 Å². The summed E-state index contributed by atoms with van der Waals surface area (Å²) in [6, 6.07) is 0. The Morgan fingerprint density at radius 3 is 1.86 bits per heavy atom. The van der Waals surface area contributed by atoms with E-state index in [-0.39, 0.29) is 12.8 Å². The van der Waals surface area contributed by atoms with Crippen LogP contribution in [0, 0.1) is 0 Å². The molecule has 7 heteroatoms. The second-order valence-electron chi connectivity index (χ2n) is 2.90. The molecule has 0 aromatic heterocycles. The van der Waals surface area contributed by atoms with Crippen LogP contribution >= 0.6 is 0 Å². The smallest absolute Gasteiger partial charge is 0.151 e. The zero-order chi connectivity index (χ0) is 11.3. The van der Waals surface area contributed by atoms with Crippen molar-refractivity contribution in [3.8, 4) is 0 Å². The third-order valence-electron chi connectivity index (χ3n) is 1.82. The maximum atomic E-state index is 10.0. The van der Waals surface area contributed by atoms with Gasteiger partial charge < -0.3 is 36.1 Å². The fraction of sp³-hybridized carbons (Fsp3) is 0.857. The number of rotatable bonds is 6. The van der Waals surface area contributed by atoms with Crippen molar-refractivity contribution in [2.24, 2.45) is 5.73 Å². The Bertz CT molecular complexity index is 178. The molecule has 0 heterocycles. The Kier molecular flexibility index (Phi) is 5.77. The van der Waals surface area contributed by atoms with Crippen molar-refractivity contribution < 1.29 is 30.3 Å². The molecule has 0 saturated carbocycles. The Morgan fingerprint density at radius 1 is 1.00 bits per heavy atom. The van der Waals surface area contributed by atoms with E-state index in [0.717, 1.165) is 0 Å². The highest BCUT2D eigenvalue weighted by molar-refractivity contribution is 5.56. The zero-order valence-corrected chi connectivity index (χ0v) is 7.39. The van der Waals surface area contributed by atoms with Gasteiger partial charge in [0.25, 0.3) is 0 Å². The number of carbonyl (C=O) groups is 1. The van der Waals surface area contributed by atoms with Crippen LogP contribution in [0.25, 0.3) is 0 Å². The molecule has 7 N–H and O–H groups in total. The van der Waals surface area contributed by atoms with Gasteiger partial charge in [-0.25, -0.2) is 0 Å². The minimum Gasteiger partial charge on any atom is -0.389 e.